The van der Waals surface area contributed by atoms with Gasteiger partial charge in [-0.3, -0.25) is 0 Å². The van der Waals surface area contributed by atoms with Crippen LogP contribution in [0.25, 0.3) is 0 Å². The average Bonchev–Trinajstić information content (AvgIpc) is 2.84. The van der Waals surface area contributed by atoms with Crippen molar-refractivity contribution in [3.63, 3.8) is 0 Å². The first-order valence-corrected chi connectivity index (χ1v) is 3.90. The summed E-state index contributed by atoms with van der Waals surface area (Å²) in [5.74, 6) is -0.478. The number of hydrogen-bond donors (Lipinski definition) is 2. The summed E-state index contributed by atoms with van der Waals surface area (Å²) < 4.78 is 4.99. The molecule has 2 N–H and O–H groups in total. The number of phenolic OH excluding ortho intramolecular Hbond substituents is 2. The SMILES string of the molecule is Oc1ccc(C2CO2)c(Cl)c1O. The van der Waals surface area contributed by atoms with Crippen molar-refractivity contribution in [3.8, 4) is 11.5 Å². The van der Waals surface area contributed by atoms with Crippen LogP contribution in [0, 0.1) is 0 Å². The highest BCUT2D eigenvalue weighted by Gasteiger charge is 2.28. The number of hydrogen-bond acceptors (Lipinski definition) is 3. The summed E-state index contributed by atoms with van der Waals surface area (Å²) in [7, 11) is 0. The Morgan fingerprint density at radius 3 is 2.67 bits per heavy atom. The van der Waals surface area contributed by atoms with E-state index >= 15 is 0 Å². The molecule has 12 heavy (non-hydrogen) atoms. The van der Waals surface area contributed by atoms with Gasteiger partial charge in [0.15, 0.2) is 11.5 Å². The maximum Gasteiger partial charge on any atom is 0.176 e. The molecule has 1 saturated heterocycles. The number of epoxide rings is 1. The van der Waals surface area contributed by atoms with E-state index in [1.807, 2.05) is 0 Å². The summed E-state index contributed by atoms with van der Waals surface area (Å²) in [6, 6.07) is 3.05. The van der Waals surface area contributed by atoms with Crippen LogP contribution in [0.3, 0.4) is 0 Å². The Morgan fingerprint density at radius 1 is 1.42 bits per heavy atom. The lowest BCUT2D eigenvalue weighted by Gasteiger charge is -2.03. The molecule has 1 unspecified atom stereocenters. The number of phenols is 2. The van der Waals surface area contributed by atoms with Gasteiger partial charge < -0.3 is 14.9 Å². The molecule has 1 fully saturated rings. The van der Waals surface area contributed by atoms with Gasteiger partial charge >= 0.3 is 0 Å². The van der Waals surface area contributed by atoms with Gasteiger partial charge in [0.2, 0.25) is 0 Å². The minimum atomic E-state index is -0.273. The summed E-state index contributed by atoms with van der Waals surface area (Å²) in [4.78, 5) is 0. The predicted molar refractivity (Wildman–Crippen MR) is 43.5 cm³/mol. The third-order valence-corrected chi connectivity index (χ3v) is 2.20. The van der Waals surface area contributed by atoms with Crippen molar-refractivity contribution in [2.45, 2.75) is 6.10 Å². The van der Waals surface area contributed by atoms with Gasteiger partial charge in [-0.05, 0) is 6.07 Å². The molecule has 1 aromatic carbocycles. The van der Waals surface area contributed by atoms with E-state index in [4.69, 9.17) is 21.4 Å². The Hall–Kier alpha value is -0.930. The van der Waals surface area contributed by atoms with Crippen molar-refractivity contribution in [1.29, 1.82) is 0 Å². The fourth-order valence-electron chi connectivity index (χ4n) is 1.05. The number of ether oxygens (including phenoxy) is 1. The molecule has 4 heteroatoms. The van der Waals surface area contributed by atoms with Gasteiger partial charge in [-0.2, -0.15) is 0 Å². The van der Waals surface area contributed by atoms with E-state index in [-0.39, 0.29) is 22.6 Å². The van der Waals surface area contributed by atoms with Crippen LogP contribution in [0.1, 0.15) is 11.7 Å². The first-order chi connectivity index (χ1) is 5.70. The second kappa shape index (κ2) is 2.54. The summed E-state index contributed by atoms with van der Waals surface area (Å²) >= 11 is 5.74. The van der Waals surface area contributed by atoms with Crippen molar-refractivity contribution in [2.24, 2.45) is 0 Å². The molecule has 1 aliphatic heterocycles. The fraction of sp³-hybridized carbons (Fsp3) is 0.250. The Balaban J connectivity index is 2.49. The normalized spacial score (nSPS) is 20.9. The minimum Gasteiger partial charge on any atom is -0.504 e. The van der Waals surface area contributed by atoms with Crippen LogP contribution >= 0.6 is 11.6 Å². The average molecular weight is 187 g/mol. The number of aromatic hydroxyl groups is 2. The standard InChI is InChI=1S/C8H7ClO3/c9-7-4(6-3-12-6)1-2-5(10)8(7)11/h1-2,6,10-11H,3H2. The highest BCUT2D eigenvalue weighted by atomic mass is 35.5. The lowest BCUT2D eigenvalue weighted by molar-refractivity contribution is 0.397. The third-order valence-electron chi connectivity index (χ3n) is 1.80. The lowest BCUT2D eigenvalue weighted by Crippen LogP contribution is -1.83. The van der Waals surface area contributed by atoms with Gasteiger partial charge in [0, 0.05) is 5.56 Å². The van der Waals surface area contributed by atoms with E-state index in [9.17, 15) is 5.11 Å². The van der Waals surface area contributed by atoms with Crippen LogP contribution in [0.5, 0.6) is 11.5 Å². The van der Waals surface area contributed by atoms with Crippen LogP contribution in [0.4, 0.5) is 0 Å². The second-order valence-corrected chi connectivity index (χ2v) is 3.04. The van der Waals surface area contributed by atoms with Crippen LogP contribution in [-0.2, 0) is 4.74 Å². The van der Waals surface area contributed by atoms with Crippen LogP contribution in [0.15, 0.2) is 12.1 Å². The van der Waals surface area contributed by atoms with Gasteiger partial charge in [0.25, 0.3) is 0 Å². The summed E-state index contributed by atoms with van der Waals surface area (Å²) in [5, 5.41) is 18.5. The molecule has 0 aromatic heterocycles. The monoisotopic (exact) mass is 186 g/mol. The van der Waals surface area contributed by atoms with Gasteiger partial charge in [-0.25, -0.2) is 0 Å². The maximum atomic E-state index is 9.23. The second-order valence-electron chi connectivity index (χ2n) is 2.66. The van der Waals surface area contributed by atoms with Crippen molar-refractivity contribution in [1.82, 2.24) is 0 Å². The first kappa shape index (κ1) is 7.71. The van der Waals surface area contributed by atoms with Crippen LogP contribution in [-0.4, -0.2) is 16.8 Å². The predicted octanol–water partition coefficient (Wildman–Crippen LogP) is 1.82. The minimum absolute atomic E-state index is 0.0102. The molecule has 0 saturated carbocycles. The molecule has 2 rings (SSSR count). The fourth-order valence-corrected chi connectivity index (χ4v) is 1.33. The molecule has 1 aromatic rings. The maximum absolute atomic E-state index is 9.23. The zero-order chi connectivity index (χ0) is 8.72. The number of benzene rings is 1. The lowest BCUT2D eigenvalue weighted by atomic mass is 10.1. The molecule has 3 nitrogen and oxygen atoms in total. The van der Waals surface area contributed by atoms with E-state index < -0.39 is 0 Å². The Kier molecular flexibility index (Phi) is 1.63. The van der Waals surface area contributed by atoms with E-state index in [0.29, 0.717) is 6.61 Å². The van der Waals surface area contributed by atoms with Gasteiger partial charge in [-0.1, -0.05) is 17.7 Å². The zero-order valence-corrected chi connectivity index (χ0v) is 6.88. The molecule has 0 aliphatic carbocycles. The third kappa shape index (κ3) is 1.11. The molecule has 64 valence electrons. The van der Waals surface area contributed by atoms with Crippen molar-refractivity contribution in [3.05, 3.63) is 22.7 Å². The topological polar surface area (TPSA) is 53.0 Å². The van der Waals surface area contributed by atoms with Gasteiger partial charge in [-0.15, -0.1) is 0 Å². The van der Waals surface area contributed by atoms with Crippen molar-refractivity contribution < 1.29 is 14.9 Å². The first-order valence-electron chi connectivity index (χ1n) is 3.52. The van der Waals surface area contributed by atoms with Crippen LogP contribution < -0.4 is 0 Å². The molecule has 0 spiro atoms. The molecular weight excluding hydrogens is 180 g/mol. The highest BCUT2D eigenvalue weighted by Crippen LogP contribution is 2.42. The molecule has 0 bridgehead atoms. The number of halogens is 1. The van der Waals surface area contributed by atoms with Crippen molar-refractivity contribution >= 4 is 11.6 Å². The Morgan fingerprint density at radius 2 is 2.08 bits per heavy atom. The van der Waals surface area contributed by atoms with Gasteiger partial charge in [0.1, 0.15) is 6.10 Å². The largest absolute Gasteiger partial charge is 0.504 e. The molecular formula is C8H7ClO3. The smallest absolute Gasteiger partial charge is 0.176 e. The summed E-state index contributed by atoms with van der Waals surface area (Å²) in [5.41, 5.74) is 0.729. The van der Waals surface area contributed by atoms with E-state index in [1.165, 1.54) is 6.07 Å². The zero-order valence-electron chi connectivity index (χ0n) is 6.12. The molecule has 0 amide bonds. The Bertz CT molecular complexity index is 320. The van der Waals surface area contributed by atoms with E-state index in [1.54, 1.807) is 6.07 Å². The van der Waals surface area contributed by atoms with E-state index in [2.05, 4.69) is 0 Å². The quantitative estimate of drug-likeness (QED) is 0.520. The molecule has 1 atom stereocenters. The Labute approximate surface area is 74.2 Å². The van der Waals surface area contributed by atoms with Crippen LogP contribution in [0.2, 0.25) is 5.02 Å². The number of rotatable bonds is 1. The molecule has 0 radical (unpaired) electrons. The van der Waals surface area contributed by atoms with Crippen molar-refractivity contribution in [2.75, 3.05) is 6.61 Å². The molecule has 1 aliphatic rings. The summed E-state index contributed by atoms with van der Waals surface area (Å²) in [6.45, 7) is 0.629. The summed E-state index contributed by atoms with van der Waals surface area (Å²) in [6.07, 6.45) is -0.0102. The highest BCUT2D eigenvalue weighted by molar-refractivity contribution is 6.33. The van der Waals surface area contributed by atoms with Gasteiger partial charge in [0.05, 0.1) is 11.6 Å². The van der Waals surface area contributed by atoms with E-state index in [0.717, 1.165) is 5.56 Å². The molecule has 1 heterocycles.